The summed E-state index contributed by atoms with van der Waals surface area (Å²) in [6, 6.07) is 5.04. The number of nitrogens with one attached hydrogen (secondary N) is 2. The summed E-state index contributed by atoms with van der Waals surface area (Å²) >= 11 is 0. The standard InChI is InChI=1S/C20H24N6O3/c1-14-4-3-5-16(15(14)2)23-20(29)24-18(27)13-25-8-10-26(11-9-25)19(28)17-12-21-6-7-22-17/h3-7,12H,8-11,13H2,1-2H3,(H2,23,24,27,29). The summed E-state index contributed by atoms with van der Waals surface area (Å²) in [5, 5.41) is 5.06. The molecule has 0 radical (unpaired) electrons. The van der Waals surface area contributed by atoms with E-state index in [1.54, 1.807) is 11.0 Å². The lowest BCUT2D eigenvalue weighted by Gasteiger charge is -2.34. The lowest BCUT2D eigenvalue weighted by Crippen LogP contribution is -2.52. The molecule has 2 N–H and O–H groups in total. The molecule has 1 aliphatic rings. The van der Waals surface area contributed by atoms with Gasteiger partial charge in [-0.3, -0.25) is 24.8 Å². The summed E-state index contributed by atoms with van der Waals surface area (Å²) in [5.74, 6) is -0.559. The van der Waals surface area contributed by atoms with Crippen LogP contribution in [0.2, 0.25) is 0 Å². The molecular formula is C20H24N6O3. The number of hydrogen-bond donors (Lipinski definition) is 2. The van der Waals surface area contributed by atoms with E-state index in [-0.39, 0.29) is 18.4 Å². The van der Waals surface area contributed by atoms with Crippen LogP contribution in [0.4, 0.5) is 10.5 Å². The number of anilines is 1. The first-order valence-corrected chi connectivity index (χ1v) is 9.38. The molecule has 1 aliphatic heterocycles. The summed E-state index contributed by atoms with van der Waals surface area (Å²) in [5.41, 5.74) is 3.00. The Kier molecular flexibility index (Phi) is 6.50. The van der Waals surface area contributed by atoms with E-state index in [1.807, 2.05) is 30.9 Å². The molecule has 29 heavy (non-hydrogen) atoms. The third-order valence-electron chi connectivity index (χ3n) is 4.91. The van der Waals surface area contributed by atoms with E-state index in [2.05, 4.69) is 20.6 Å². The molecule has 0 unspecified atom stereocenters. The van der Waals surface area contributed by atoms with Gasteiger partial charge in [0.15, 0.2) is 0 Å². The Morgan fingerprint density at radius 3 is 2.52 bits per heavy atom. The van der Waals surface area contributed by atoms with Crippen molar-refractivity contribution in [3.63, 3.8) is 0 Å². The summed E-state index contributed by atoms with van der Waals surface area (Å²) in [7, 11) is 0. The number of carbonyl (C=O) groups excluding carboxylic acids is 3. The van der Waals surface area contributed by atoms with Gasteiger partial charge in [0.1, 0.15) is 5.69 Å². The van der Waals surface area contributed by atoms with Crippen LogP contribution in [-0.4, -0.2) is 70.3 Å². The molecule has 9 nitrogen and oxygen atoms in total. The quantitative estimate of drug-likeness (QED) is 0.804. The molecular weight excluding hydrogens is 372 g/mol. The van der Waals surface area contributed by atoms with E-state index in [1.165, 1.54) is 18.6 Å². The lowest BCUT2D eigenvalue weighted by atomic mass is 10.1. The van der Waals surface area contributed by atoms with Crippen LogP contribution in [0, 0.1) is 13.8 Å². The van der Waals surface area contributed by atoms with Crippen LogP contribution in [0.15, 0.2) is 36.8 Å². The van der Waals surface area contributed by atoms with Crippen LogP contribution >= 0.6 is 0 Å². The second-order valence-electron chi connectivity index (χ2n) is 6.91. The largest absolute Gasteiger partial charge is 0.335 e. The van der Waals surface area contributed by atoms with Crippen molar-refractivity contribution in [2.45, 2.75) is 13.8 Å². The number of aryl methyl sites for hydroxylation is 1. The van der Waals surface area contributed by atoms with Crippen LogP contribution in [0.3, 0.4) is 0 Å². The molecule has 0 bridgehead atoms. The maximum absolute atomic E-state index is 12.4. The number of imide groups is 1. The Balaban J connectivity index is 1.44. The Hall–Kier alpha value is -3.33. The molecule has 1 aromatic carbocycles. The zero-order chi connectivity index (χ0) is 20.8. The van der Waals surface area contributed by atoms with Gasteiger partial charge < -0.3 is 10.2 Å². The number of hydrogen-bond acceptors (Lipinski definition) is 6. The van der Waals surface area contributed by atoms with Crippen molar-refractivity contribution in [3.05, 3.63) is 53.6 Å². The van der Waals surface area contributed by atoms with Gasteiger partial charge in [-0.1, -0.05) is 12.1 Å². The van der Waals surface area contributed by atoms with Gasteiger partial charge in [-0.15, -0.1) is 0 Å². The average molecular weight is 396 g/mol. The van der Waals surface area contributed by atoms with Crippen molar-refractivity contribution in [1.82, 2.24) is 25.1 Å². The molecule has 2 aromatic rings. The first kappa shape index (κ1) is 20.4. The minimum atomic E-state index is -0.555. The average Bonchev–Trinajstić information content (AvgIpc) is 2.72. The van der Waals surface area contributed by atoms with Gasteiger partial charge in [0, 0.05) is 44.3 Å². The molecule has 0 atom stereocenters. The molecule has 1 aromatic heterocycles. The molecule has 4 amide bonds. The zero-order valence-corrected chi connectivity index (χ0v) is 16.5. The Morgan fingerprint density at radius 2 is 1.83 bits per heavy atom. The minimum absolute atomic E-state index is 0.0907. The number of urea groups is 1. The highest BCUT2D eigenvalue weighted by molar-refractivity contribution is 6.02. The van der Waals surface area contributed by atoms with Crippen LogP contribution in [0.25, 0.3) is 0 Å². The number of aromatic nitrogens is 2. The molecule has 152 valence electrons. The van der Waals surface area contributed by atoms with Crippen LogP contribution in [-0.2, 0) is 4.79 Å². The predicted octanol–water partition coefficient (Wildman–Crippen LogP) is 1.20. The molecule has 0 saturated carbocycles. The van der Waals surface area contributed by atoms with Crippen molar-refractivity contribution < 1.29 is 14.4 Å². The van der Waals surface area contributed by atoms with Crippen molar-refractivity contribution in [2.24, 2.45) is 0 Å². The monoisotopic (exact) mass is 396 g/mol. The van der Waals surface area contributed by atoms with Crippen LogP contribution in [0.5, 0.6) is 0 Å². The zero-order valence-electron chi connectivity index (χ0n) is 16.5. The predicted molar refractivity (Wildman–Crippen MR) is 107 cm³/mol. The number of carbonyl (C=O) groups is 3. The van der Waals surface area contributed by atoms with Crippen molar-refractivity contribution in [2.75, 3.05) is 38.0 Å². The Bertz CT molecular complexity index is 894. The number of rotatable bonds is 4. The Labute approximate surface area is 169 Å². The lowest BCUT2D eigenvalue weighted by molar-refractivity contribution is -0.121. The van der Waals surface area contributed by atoms with Gasteiger partial charge in [-0.25, -0.2) is 9.78 Å². The van der Waals surface area contributed by atoms with Gasteiger partial charge in [0.05, 0.1) is 12.7 Å². The maximum atomic E-state index is 12.4. The van der Waals surface area contributed by atoms with Crippen LogP contribution < -0.4 is 10.6 Å². The molecule has 9 heteroatoms. The second-order valence-corrected chi connectivity index (χ2v) is 6.91. The van der Waals surface area contributed by atoms with Gasteiger partial charge in [-0.2, -0.15) is 0 Å². The highest BCUT2D eigenvalue weighted by atomic mass is 16.2. The molecule has 3 rings (SSSR count). The molecule has 0 aliphatic carbocycles. The van der Waals surface area contributed by atoms with E-state index in [0.717, 1.165) is 11.1 Å². The summed E-state index contributed by atoms with van der Waals surface area (Å²) < 4.78 is 0. The fourth-order valence-electron chi connectivity index (χ4n) is 3.09. The maximum Gasteiger partial charge on any atom is 0.325 e. The molecule has 1 saturated heterocycles. The molecule has 0 spiro atoms. The van der Waals surface area contributed by atoms with E-state index < -0.39 is 6.03 Å². The van der Waals surface area contributed by atoms with Crippen molar-refractivity contribution in [3.8, 4) is 0 Å². The normalized spacial score (nSPS) is 14.3. The first-order valence-electron chi connectivity index (χ1n) is 9.38. The number of nitrogens with zero attached hydrogens (tertiary/aromatic N) is 4. The van der Waals surface area contributed by atoms with Gasteiger partial charge in [0.25, 0.3) is 5.91 Å². The van der Waals surface area contributed by atoms with Crippen molar-refractivity contribution >= 4 is 23.5 Å². The van der Waals surface area contributed by atoms with E-state index >= 15 is 0 Å². The van der Waals surface area contributed by atoms with Gasteiger partial charge >= 0.3 is 6.03 Å². The highest BCUT2D eigenvalue weighted by Gasteiger charge is 2.24. The van der Waals surface area contributed by atoms with E-state index in [0.29, 0.717) is 37.6 Å². The number of amides is 4. The van der Waals surface area contributed by atoms with Gasteiger partial charge in [0.2, 0.25) is 5.91 Å². The highest BCUT2D eigenvalue weighted by Crippen LogP contribution is 2.17. The minimum Gasteiger partial charge on any atom is -0.335 e. The van der Waals surface area contributed by atoms with Crippen LogP contribution in [0.1, 0.15) is 21.6 Å². The molecule has 2 heterocycles. The van der Waals surface area contributed by atoms with Crippen molar-refractivity contribution in [1.29, 1.82) is 0 Å². The van der Waals surface area contributed by atoms with E-state index in [9.17, 15) is 14.4 Å². The number of piperazine rings is 1. The third kappa shape index (κ3) is 5.35. The number of benzene rings is 1. The van der Waals surface area contributed by atoms with E-state index in [4.69, 9.17) is 0 Å². The first-order chi connectivity index (χ1) is 13.9. The van der Waals surface area contributed by atoms with Gasteiger partial charge in [-0.05, 0) is 31.0 Å². The second kappa shape index (κ2) is 9.24. The Morgan fingerprint density at radius 1 is 1.07 bits per heavy atom. The fourth-order valence-corrected chi connectivity index (χ4v) is 3.09. The SMILES string of the molecule is Cc1cccc(NC(=O)NC(=O)CN2CCN(C(=O)c3cnccn3)CC2)c1C. The fraction of sp³-hybridized carbons (Fsp3) is 0.350. The molecule has 1 fully saturated rings. The summed E-state index contributed by atoms with van der Waals surface area (Å²) in [4.78, 5) is 48.2. The summed E-state index contributed by atoms with van der Waals surface area (Å²) in [6.07, 6.45) is 4.44. The third-order valence-corrected chi connectivity index (χ3v) is 4.91. The summed E-state index contributed by atoms with van der Waals surface area (Å²) in [6.45, 7) is 6.01. The topological polar surface area (TPSA) is 108 Å². The smallest absolute Gasteiger partial charge is 0.325 e.